The third-order valence-electron chi connectivity index (χ3n) is 11.3. The van der Waals surface area contributed by atoms with Crippen LogP contribution in [0.15, 0.2) is 185 Å². The molecule has 61 heavy (non-hydrogen) atoms. The van der Waals surface area contributed by atoms with E-state index in [-0.39, 0.29) is 26.0 Å². The van der Waals surface area contributed by atoms with E-state index in [2.05, 4.69) is 183 Å². The van der Waals surface area contributed by atoms with Crippen LogP contribution < -0.4 is 4.40 Å². The summed E-state index contributed by atoms with van der Waals surface area (Å²) in [6, 6.07) is 66.0. The molecule has 2 aromatic heterocycles. The van der Waals surface area contributed by atoms with E-state index in [9.17, 15) is 0 Å². The van der Waals surface area contributed by atoms with E-state index in [1.165, 1.54) is 38.9 Å². The summed E-state index contributed by atoms with van der Waals surface area (Å²) in [5.74, 6) is 7.89. The summed E-state index contributed by atoms with van der Waals surface area (Å²) >= 11 is -1.86. The smallest absolute Gasteiger partial charge is 0.120 e. The van der Waals surface area contributed by atoms with Crippen molar-refractivity contribution >= 4 is 51.0 Å². The maximum atomic E-state index is 6.50. The minimum Gasteiger partial charge on any atom is -0.501 e. The minimum atomic E-state index is -1.86. The van der Waals surface area contributed by atoms with Crippen molar-refractivity contribution in [3.63, 3.8) is 0 Å². The van der Waals surface area contributed by atoms with Crippen LogP contribution in [0, 0.1) is 18.1 Å². The second kappa shape index (κ2) is 18.1. The number of pyridine rings is 1. The largest absolute Gasteiger partial charge is 0.501 e. The Kier molecular flexibility index (Phi) is 12.5. The van der Waals surface area contributed by atoms with Crippen LogP contribution in [0.2, 0.25) is 17.3 Å². The van der Waals surface area contributed by atoms with Crippen molar-refractivity contribution in [1.82, 2.24) is 4.98 Å². The molecule has 1 radical (unpaired) electrons. The molecule has 5 heteroatoms. The maximum Gasteiger partial charge on any atom is 0.120 e. The van der Waals surface area contributed by atoms with Crippen LogP contribution in [-0.2, 0) is 26.5 Å². The van der Waals surface area contributed by atoms with Gasteiger partial charge in [0.1, 0.15) is 5.58 Å². The van der Waals surface area contributed by atoms with Gasteiger partial charge in [-0.1, -0.05) is 126 Å². The first-order chi connectivity index (χ1) is 29.2. The first-order valence-electron chi connectivity index (χ1n) is 20.9. The summed E-state index contributed by atoms with van der Waals surface area (Å²) in [6.45, 7) is 4.57. The average Bonchev–Trinajstić information content (AvgIpc) is 3.86. The number of aliphatic imine (C=N–C) groups is 1. The van der Waals surface area contributed by atoms with Crippen LogP contribution in [-0.4, -0.2) is 24.0 Å². The van der Waals surface area contributed by atoms with Gasteiger partial charge in [0.15, 0.2) is 0 Å². The molecule has 1 aliphatic heterocycles. The molecule has 9 aromatic rings. The molecule has 0 saturated heterocycles. The van der Waals surface area contributed by atoms with Crippen LogP contribution in [0.5, 0.6) is 0 Å². The molecule has 1 aliphatic rings. The summed E-state index contributed by atoms with van der Waals surface area (Å²) in [7, 11) is 0. The molecule has 1 atom stereocenters. The quantitative estimate of drug-likeness (QED) is 0.112. The Morgan fingerprint density at radius 2 is 1.31 bits per heavy atom. The summed E-state index contributed by atoms with van der Waals surface area (Å²) in [5, 5.41) is 2.19. The Balaban J connectivity index is 0.000000208. The monoisotopic (exact) mass is 1030 g/mol. The molecule has 3 nitrogen and oxygen atoms in total. The Morgan fingerprint density at radius 1 is 0.656 bits per heavy atom. The van der Waals surface area contributed by atoms with Gasteiger partial charge in [0.2, 0.25) is 0 Å². The number of hydrogen-bond donors (Lipinski definition) is 0. The van der Waals surface area contributed by atoms with Gasteiger partial charge in [0.25, 0.3) is 0 Å². The van der Waals surface area contributed by atoms with E-state index in [4.69, 9.17) is 14.4 Å². The van der Waals surface area contributed by atoms with E-state index in [0.717, 1.165) is 56.6 Å². The molecule has 303 valence electrons. The zero-order valence-corrected chi connectivity index (χ0v) is 39.7. The van der Waals surface area contributed by atoms with Gasteiger partial charge in [0.05, 0.1) is 11.3 Å². The molecule has 7 aromatic carbocycles. The van der Waals surface area contributed by atoms with Gasteiger partial charge in [-0.2, -0.15) is 0 Å². The zero-order valence-electron chi connectivity index (χ0n) is 35.2. The van der Waals surface area contributed by atoms with Gasteiger partial charge < -0.3 is 4.42 Å². The first-order valence-corrected chi connectivity index (χ1v) is 28.3. The number of nitrogens with zero attached hydrogens (tertiary/aromatic N) is 2. The topological polar surface area (TPSA) is 38.4 Å². The Hall–Kier alpha value is -5.65. The minimum absolute atomic E-state index is 0. The van der Waals surface area contributed by atoms with Crippen molar-refractivity contribution in [2.45, 2.75) is 43.5 Å². The molecular weight excluding hydrogens is 981 g/mol. The van der Waals surface area contributed by atoms with Gasteiger partial charge in [0, 0.05) is 31.4 Å². The van der Waals surface area contributed by atoms with Crippen molar-refractivity contribution in [1.29, 1.82) is 0 Å². The van der Waals surface area contributed by atoms with Crippen molar-refractivity contribution in [2.24, 2.45) is 10.9 Å². The van der Waals surface area contributed by atoms with Crippen molar-refractivity contribution in [3.05, 3.63) is 210 Å². The normalized spacial score (nSPS) is 13.3. The fourth-order valence-corrected chi connectivity index (χ4v) is 12.0. The van der Waals surface area contributed by atoms with Gasteiger partial charge in [-0.25, -0.2) is 0 Å². The third-order valence-corrected chi connectivity index (χ3v) is 15.7. The zero-order chi connectivity index (χ0) is 41.2. The van der Waals surface area contributed by atoms with Crippen LogP contribution >= 0.6 is 0 Å². The molecule has 10 rings (SSSR count). The fraction of sp³-hybridized carbons (Fsp3) is 0.143. The summed E-state index contributed by atoms with van der Waals surface area (Å²) in [6.07, 6.45) is 3.27. The van der Waals surface area contributed by atoms with Crippen molar-refractivity contribution in [3.8, 4) is 33.5 Å². The van der Waals surface area contributed by atoms with E-state index in [1.807, 2.05) is 36.4 Å². The van der Waals surface area contributed by atoms with Crippen LogP contribution in [0.3, 0.4) is 0 Å². The van der Waals surface area contributed by atoms with Crippen molar-refractivity contribution in [2.75, 3.05) is 0 Å². The Bertz CT molecular complexity index is 2910. The van der Waals surface area contributed by atoms with Gasteiger partial charge in [-0.05, 0) is 51.2 Å². The second-order valence-corrected chi connectivity index (χ2v) is 27.6. The fourth-order valence-electron chi connectivity index (χ4n) is 8.64. The molecular formula is C56H48GeIrN2O-2. The number of rotatable bonds is 8. The SMILES string of the molecule is CC(C)Cc1cc(-c2[c-]cccc2)nc[c]1[Ge]([CH3])([CH3])[CH3].[Ir].[c-]1ccc2c(oc3ccccc32)c1C1=Nc2ccccc2C1c1c(-c2ccccc2)cccc1-c1ccccc1. The number of fused-ring (bicyclic) bond motifs is 4. The van der Waals surface area contributed by atoms with E-state index in [1.54, 1.807) is 4.40 Å². The standard InChI is InChI=1S/C38H24NO.C18H24GeN.Ir/c1-3-13-25(14-4-1)27-19-11-20-28(26-15-5-2-6-16-26)35(27)36-31-18-7-9-23-33(31)39-37(36)32-22-12-21-30-29-17-8-10-24-34(29)40-38(30)32;1-14(2)11-16-12-18(15-9-7-6-8-10-15)20-13-17(16)19(3,4)5;/h1-21,23-24,36H;6-9,12-14H,11H2,1-5H3;/q2*-1;. The van der Waals surface area contributed by atoms with Crippen LogP contribution in [0.25, 0.3) is 55.4 Å². The Morgan fingerprint density at radius 3 is 1.98 bits per heavy atom. The predicted octanol–water partition coefficient (Wildman–Crippen LogP) is 14.3. The number of aromatic nitrogens is 1. The van der Waals surface area contributed by atoms with E-state index in [0.29, 0.717) is 5.92 Å². The molecule has 0 amide bonds. The molecule has 0 saturated carbocycles. The number of benzene rings is 7. The van der Waals surface area contributed by atoms with Crippen LogP contribution in [0.4, 0.5) is 5.69 Å². The molecule has 1 unspecified atom stereocenters. The van der Waals surface area contributed by atoms with Gasteiger partial charge in [-0.3, -0.25) is 4.99 Å². The average molecular weight is 1030 g/mol. The molecule has 3 heterocycles. The Labute approximate surface area is 376 Å². The van der Waals surface area contributed by atoms with Gasteiger partial charge >= 0.3 is 126 Å². The molecule has 0 aliphatic carbocycles. The van der Waals surface area contributed by atoms with Crippen LogP contribution in [0.1, 0.15) is 42.0 Å². The first kappa shape index (κ1) is 42.1. The third kappa shape index (κ3) is 8.63. The molecule has 0 fully saturated rings. The molecule has 0 bridgehead atoms. The number of hydrogen-bond acceptors (Lipinski definition) is 3. The maximum absolute atomic E-state index is 6.50. The summed E-state index contributed by atoms with van der Waals surface area (Å²) in [4.78, 5) is 9.99. The second-order valence-electron chi connectivity index (χ2n) is 17.0. The molecule has 0 N–H and O–H groups in total. The predicted molar refractivity (Wildman–Crippen MR) is 254 cm³/mol. The summed E-state index contributed by atoms with van der Waals surface area (Å²) in [5.41, 5.74) is 15.4. The number of furan rings is 1. The molecule has 0 spiro atoms. The van der Waals surface area contributed by atoms with E-state index >= 15 is 0 Å². The number of para-hydroxylation sites is 2. The summed E-state index contributed by atoms with van der Waals surface area (Å²) < 4.78 is 8.04. The van der Waals surface area contributed by atoms with Crippen molar-refractivity contribution < 1.29 is 24.5 Å². The van der Waals surface area contributed by atoms with Gasteiger partial charge in [-0.15, -0.1) is 18.2 Å². The van der Waals surface area contributed by atoms with E-state index < -0.39 is 13.3 Å².